The number of ether oxygens (including phenoxy) is 1. The first-order valence-electron chi connectivity index (χ1n) is 4.38. The van der Waals surface area contributed by atoms with Gasteiger partial charge in [-0.1, -0.05) is 6.07 Å². The summed E-state index contributed by atoms with van der Waals surface area (Å²) in [6.45, 7) is 0. The van der Waals surface area contributed by atoms with Gasteiger partial charge >= 0.3 is 0 Å². The Kier molecular flexibility index (Phi) is 3.05. The maximum atomic E-state index is 5.60. The van der Waals surface area contributed by atoms with E-state index in [-0.39, 0.29) is 0 Å². The molecule has 0 saturated heterocycles. The van der Waals surface area contributed by atoms with Crippen LogP contribution < -0.4 is 10.5 Å². The number of hydrogen-bond acceptors (Lipinski definition) is 3. The molecule has 0 radical (unpaired) electrons. The fraction of sp³-hybridized carbons (Fsp3) is 0. The largest absolute Gasteiger partial charge is 0.456 e. The second kappa shape index (κ2) is 4.48. The first-order valence-corrected chi connectivity index (χ1v) is 5.46. The van der Waals surface area contributed by atoms with Gasteiger partial charge in [-0.2, -0.15) is 0 Å². The summed E-state index contributed by atoms with van der Waals surface area (Å²) in [4.78, 5) is 3.95. The summed E-state index contributed by atoms with van der Waals surface area (Å²) in [7, 11) is 0. The first kappa shape index (κ1) is 10.2. The SMILES string of the molecule is Nc1cncc(Oc2cccc(I)c2)c1. The molecule has 3 nitrogen and oxygen atoms in total. The lowest BCUT2D eigenvalue weighted by Gasteiger charge is -2.05. The molecule has 1 heterocycles. The van der Waals surface area contributed by atoms with Gasteiger partial charge in [0.1, 0.15) is 11.5 Å². The van der Waals surface area contributed by atoms with Crippen LogP contribution in [-0.2, 0) is 0 Å². The van der Waals surface area contributed by atoms with Crippen molar-refractivity contribution >= 4 is 28.3 Å². The van der Waals surface area contributed by atoms with Crippen LogP contribution in [-0.4, -0.2) is 4.98 Å². The Hall–Kier alpha value is -1.30. The normalized spacial score (nSPS) is 9.93. The standard InChI is InChI=1S/C11H9IN2O/c12-8-2-1-3-10(4-8)15-11-5-9(13)6-14-7-11/h1-7H,13H2. The third-order valence-corrected chi connectivity index (χ3v) is 2.44. The van der Waals surface area contributed by atoms with Crippen LogP contribution >= 0.6 is 22.6 Å². The van der Waals surface area contributed by atoms with Crippen molar-refractivity contribution in [2.75, 3.05) is 5.73 Å². The summed E-state index contributed by atoms with van der Waals surface area (Å²) >= 11 is 2.23. The number of aromatic nitrogens is 1. The van der Waals surface area contributed by atoms with Crippen molar-refractivity contribution in [1.82, 2.24) is 4.98 Å². The summed E-state index contributed by atoms with van der Waals surface area (Å²) in [5.41, 5.74) is 6.19. The highest BCUT2D eigenvalue weighted by atomic mass is 127. The molecule has 0 bridgehead atoms. The van der Waals surface area contributed by atoms with E-state index in [4.69, 9.17) is 10.5 Å². The fourth-order valence-electron chi connectivity index (χ4n) is 1.16. The lowest BCUT2D eigenvalue weighted by molar-refractivity contribution is 0.480. The highest BCUT2D eigenvalue weighted by Gasteiger charge is 1.98. The highest BCUT2D eigenvalue weighted by Crippen LogP contribution is 2.23. The van der Waals surface area contributed by atoms with Crippen LogP contribution in [0, 0.1) is 3.57 Å². The van der Waals surface area contributed by atoms with E-state index in [1.165, 1.54) is 0 Å². The molecule has 0 aliphatic heterocycles. The third kappa shape index (κ3) is 2.82. The van der Waals surface area contributed by atoms with E-state index in [9.17, 15) is 0 Å². The molecule has 0 unspecified atom stereocenters. The van der Waals surface area contributed by atoms with E-state index in [2.05, 4.69) is 27.6 Å². The minimum Gasteiger partial charge on any atom is -0.456 e. The molecule has 1 aromatic carbocycles. The summed E-state index contributed by atoms with van der Waals surface area (Å²) in [6.07, 6.45) is 3.22. The van der Waals surface area contributed by atoms with Gasteiger partial charge in [-0.25, -0.2) is 0 Å². The molecule has 0 spiro atoms. The number of pyridine rings is 1. The van der Waals surface area contributed by atoms with Gasteiger partial charge in [0.15, 0.2) is 0 Å². The minimum atomic E-state index is 0.595. The molecule has 2 rings (SSSR count). The van der Waals surface area contributed by atoms with E-state index in [1.807, 2.05) is 24.3 Å². The molecule has 2 N–H and O–H groups in total. The average Bonchev–Trinajstić information content (AvgIpc) is 2.17. The maximum absolute atomic E-state index is 5.60. The van der Waals surface area contributed by atoms with Crippen LogP contribution in [0.2, 0.25) is 0 Å². The van der Waals surface area contributed by atoms with Gasteiger partial charge in [-0.15, -0.1) is 0 Å². The summed E-state index contributed by atoms with van der Waals surface area (Å²) < 4.78 is 6.72. The second-order valence-electron chi connectivity index (χ2n) is 3.01. The number of nitrogen functional groups attached to an aromatic ring is 1. The van der Waals surface area contributed by atoms with Crippen molar-refractivity contribution in [3.05, 3.63) is 46.3 Å². The summed E-state index contributed by atoms with van der Waals surface area (Å²) in [5.74, 6) is 1.44. The van der Waals surface area contributed by atoms with Gasteiger partial charge in [0, 0.05) is 9.64 Å². The Morgan fingerprint density at radius 2 is 2.00 bits per heavy atom. The van der Waals surface area contributed by atoms with E-state index in [1.54, 1.807) is 18.5 Å². The fourth-order valence-corrected chi connectivity index (χ4v) is 1.67. The number of nitrogens with zero attached hydrogens (tertiary/aromatic N) is 1. The van der Waals surface area contributed by atoms with Crippen molar-refractivity contribution in [3.63, 3.8) is 0 Å². The Morgan fingerprint density at radius 3 is 2.73 bits per heavy atom. The zero-order chi connectivity index (χ0) is 10.7. The van der Waals surface area contributed by atoms with E-state index >= 15 is 0 Å². The van der Waals surface area contributed by atoms with Crippen LogP contribution in [0.1, 0.15) is 0 Å². The Labute approximate surface area is 101 Å². The summed E-state index contributed by atoms with van der Waals surface area (Å²) in [6, 6.07) is 9.53. The Morgan fingerprint density at radius 1 is 1.13 bits per heavy atom. The quantitative estimate of drug-likeness (QED) is 0.867. The predicted molar refractivity (Wildman–Crippen MR) is 67.9 cm³/mol. The average molecular weight is 312 g/mol. The smallest absolute Gasteiger partial charge is 0.147 e. The van der Waals surface area contributed by atoms with Crippen LogP contribution in [0.3, 0.4) is 0 Å². The molecular weight excluding hydrogens is 303 g/mol. The minimum absolute atomic E-state index is 0.595. The number of nitrogens with two attached hydrogens (primary N) is 1. The van der Waals surface area contributed by atoms with Crippen LogP contribution in [0.15, 0.2) is 42.7 Å². The van der Waals surface area contributed by atoms with E-state index in [0.717, 1.165) is 9.32 Å². The zero-order valence-corrected chi connectivity index (χ0v) is 10.0. The monoisotopic (exact) mass is 312 g/mol. The van der Waals surface area contributed by atoms with Crippen molar-refractivity contribution in [2.45, 2.75) is 0 Å². The molecule has 15 heavy (non-hydrogen) atoms. The molecule has 0 amide bonds. The third-order valence-electron chi connectivity index (χ3n) is 1.77. The molecule has 0 saturated carbocycles. The summed E-state index contributed by atoms with van der Waals surface area (Å²) in [5, 5.41) is 0. The van der Waals surface area contributed by atoms with Gasteiger partial charge in [-0.05, 0) is 40.8 Å². The van der Waals surface area contributed by atoms with Gasteiger partial charge in [-0.3, -0.25) is 4.98 Å². The number of rotatable bonds is 2. The number of halogens is 1. The molecule has 76 valence electrons. The van der Waals surface area contributed by atoms with E-state index in [0.29, 0.717) is 11.4 Å². The van der Waals surface area contributed by atoms with Gasteiger partial charge in [0.2, 0.25) is 0 Å². The van der Waals surface area contributed by atoms with Gasteiger partial charge < -0.3 is 10.5 Å². The highest BCUT2D eigenvalue weighted by molar-refractivity contribution is 14.1. The predicted octanol–water partition coefficient (Wildman–Crippen LogP) is 3.06. The first-order chi connectivity index (χ1) is 7.24. The Bertz CT molecular complexity index is 430. The van der Waals surface area contributed by atoms with Crippen LogP contribution in [0.5, 0.6) is 11.5 Å². The van der Waals surface area contributed by atoms with Crippen molar-refractivity contribution in [1.29, 1.82) is 0 Å². The lowest BCUT2D eigenvalue weighted by Crippen LogP contribution is -1.89. The van der Waals surface area contributed by atoms with Crippen molar-refractivity contribution < 1.29 is 4.74 Å². The molecule has 4 heteroatoms. The molecule has 0 atom stereocenters. The number of benzene rings is 1. The van der Waals surface area contributed by atoms with Crippen LogP contribution in [0.25, 0.3) is 0 Å². The Balaban J connectivity index is 2.22. The number of anilines is 1. The van der Waals surface area contributed by atoms with Crippen molar-refractivity contribution in [2.24, 2.45) is 0 Å². The maximum Gasteiger partial charge on any atom is 0.147 e. The molecule has 0 aliphatic rings. The topological polar surface area (TPSA) is 48.1 Å². The second-order valence-corrected chi connectivity index (χ2v) is 4.26. The molecule has 0 aliphatic carbocycles. The van der Waals surface area contributed by atoms with Crippen LogP contribution in [0.4, 0.5) is 5.69 Å². The molecule has 2 aromatic rings. The molecule has 0 fully saturated rings. The molecule has 1 aromatic heterocycles. The molecular formula is C11H9IN2O. The van der Waals surface area contributed by atoms with Gasteiger partial charge in [0.25, 0.3) is 0 Å². The lowest BCUT2D eigenvalue weighted by atomic mass is 10.3. The van der Waals surface area contributed by atoms with E-state index < -0.39 is 0 Å². The number of hydrogen-bond donors (Lipinski definition) is 1. The van der Waals surface area contributed by atoms with Gasteiger partial charge in [0.05, 0.1) is 18.1 Å². The van der Waals surface area contributed by atoms with Crippen molar-refractivity contribution in [3.8, 4) is 11.5 Å². The zero-order valence-electron chi connectivity index (χ0n) is 7.85.